The normalized spacial score (nSPS) is 21.8. The number of alkyl carbamates (subject to hydrolysis) is 1. The van der Waals surface area contributed by atoms with Crippen LogP contribution < -0.4 is 5.32 Å². The van der Waals surface area contributed by atoms with Crippen molar-refractivity contribution in [3.05, 3.63) is 0 Å². The van der Waals surface area contributed by atoms with Crippen LogP contribution >= 0.6 is 0 Å². The zero-order chi connectivity index (χ0) is 13.9. The molecule has 2 unspecified atom stereocenters. The SMILES string of the molecule is N#CCCOC(=O)NCC1CCCC(CN=C=O)C1. The molecule has 6 heteroatoms. The maximum atomic E-state index is 11.3. The second-order valence-electron chi connectivity index (χ2n) is 4.76. The maximum Gasteiger partial charge on any atom is 0.407 e. The number of aliphatic imine (C=N–C) groups is 1. The molecular formula is C13H19N3O3. The van der Waals surface area contributed by atoms with Crippen molar-refractivity contribution in [3.63, 3.8) is 0 Å². The Morgan fingerprint density at radius 1 is 1.42 bits per heavy atom. The second kappa shape index (κ2) is 9.12. The smallest absolute Gasteiger partial charge is 0.407 e. The molecule has 1 fully saturated rings. The summed E-state index contributed by atoms with van der Waals surface area (Å²) in [5, 5.41) is 11.0. The van der Waals surface area contributed by atoms with Crippen molar-refractivity contribution in [2.45, 2.75) is 32.1 Å². The van der Waals surface area contributed by atoms with Crippen LogP contribution in [0.3, 0.4) is 0 Å². The lowest BCUT2D eigenvalue weighted by Crippen LogP contribution is -2.32. The van der Waals surface area contributed by atoms with E-state index in [9.17, 15) is 9.59 Å². The van der Waals surface area contributed by atoms with Crippen molar-refractivity contribution in [1.29, 1.82) is 5.26 Å². The molecule has 0 saturated heterocycles. The second-order valence-corrected chi connectivity index (χ2v) is 4.76. The van der Waals surface area contributed by atoms with E-state index < -0.39 is 6.09 Å². The van der Waals surface area contributed by atoms with Crippen LogP contribution in [0.5, 0.6) is 0 Å². The Morgan fingerprint density at radius 2 is 2.21 bits per heavy atom. The monoisotopic (exact) mass is 265 g/mol. The van der Waals surface area contributed by atoms with Gasteiger partial charge in [-0.05, 0) is 31.1 Å². The summed E-state index contributed by atoms with van der Waals surface area (Å²) in [5.41, 5.74) is 0. The molecule has 1 aliphatic carbocycles. The Bertz CT molecular complexity index is 372. The number of carbonyl (C=O) groups is 1. The molecule has 0 spiro atoms. The number of hydrogen-bond acceptors (Lipinski definition) is 5. The molecule has 6 nitrogen and oxygen atoms in total. The third kappa shape index (κ3) is 6.58. The van der Waals surface area contributed by atoms with Gasteiger partial charge in [0.2, 0.25) is 6.08 Å². The highest BCUT2D eigenvalue weighted by atomic mass is 16.5. The number of rotatable bonds is 6. The first-order chi connectivity index (χ1) is 9.26. The molecule has 1 N–H and O–H groups in total. The fraction of sp³-hybridized carbons (Fsp3) is 0.769. The lowest BCUT2D eigenvalue weighted by Gasteiger charge is -2.27. The van der Waals surface area contributed by atoms with Crippen LogP contribution in [-0.2, 0) is 9.53 Å². The van der Waals surface area contributed by atoms with Gasteiger partial charge in [-0.3, -0.25) is 0 Å². The van der Waals surface area contributed by atoms with Crippen LogP contribution in [0, 0.1) is 23.2 Å². The predicted octanol–water partition coefficient (Wildman–Crippen LogP) is 1.77. The molecule has 1 amide bonds. The number of isocyanates is 1. The number of carbonyl (C=O) groups excluding carboxylic acids is 2. The van der Waals surface area contributed by atoms with E-state index in [0.29, 0.717) is 24.9 Å². The Morgan fingerprint density at radius 3 is 2.95 bits per heavy atom. The van der Waals surface area contributed by atoms with Crippen molar-refractivity contribution >= 4 is 12.2 Å². The third-order valence-electron chi connectivity index (χ3n) is 3.29. The zero-order valence-corrected chi connectivity index (χ0v) is 10.9. The lowest BCUT2D eigenvalue weighted by atomic mass is 9.81. The van der Waals surface area contributed by atoms with E-state index in [1.54, 1.807) is 6.08 Å². The average molecular weight is 265 g/mol. The van der Waals surface area contributed by atoms with E-state index in [0.717, 1.165) is 25.7 Å². The number of nitrogens with one attached hydrogen (secondary N) is 1. The fourth-order valence-electron chi connectivity index (χ4n) is 2.39. The summed E-state index contributed by atoms with van der Waals surface area (Å²) in [5.74, 6) is 0.820. The van der Waals surface area contributed by atoms with Gasteiger partial charge >= 0.3 is 6.09 Å². The van der Waals surface area contributed by atoms with Gasteiger partial charge < -0.3 is 10.1 Å². The molecule has 1 rings (SSSR count). The van der Waals surface area contributed by atoms with Gasteiger partial charge in [0.15, 0.2) is 0 Å². The molecule has 0 bridgehead atoms. The topological polar surface area (TPSA) is 91.5 Å². The molecule has 0 aliphatic heterocycles. The van der Waals surface area contributed by atoms with Gasteiger partial charge in [-0.25, -0.2) is 14.6 Å². The van der Waals surface area contributed by atoms with Crippen LogP contribution in [0.4, 0.5) is 4.79 Å². The van der Waals surface area contributed by atoms with Crippen LogP contribution in [0.1, 0.15) is 32.1 Å². The molecule has 0 radical (unpaired) electrons. The standard InChI is InChI=1S/C13H19N3O3/c14-5-2-6-19-13(18)16-9-12-4-1-3-11(7-12)8-15-10-17/h11-12H,1-4,6-9H2,(H,16,18). The van der Waals surface area contributed by atoms with Gasteiger partial charge in [-0.1, -0.05) is 6.42 Å². The molecule has 0 aromatic heterocycles. The zero-order valence-electron chi connectivity index (χ0n) is 10.9. The third-order valence-corrected chi connectivity index (χ3v) is 3.29. The van der Waals surface area contributed by atoms with Crippen LogP contribution in [0.25, 0.3) is 0 Å². The summed E-state index contributed by atoms with van der Waals surface area (Å²) in [6.45, 7) is 1.24. The molecule has 19 heavy (non-hydrogen) atoms. The molecule has 0 aromatic carbocycles. The highest BCUT2D eigenvalue weighted by Crippen LogP contribution is 2.28. The minimum Gasteiger partial charge on any atom is -0.448 e. The maximum absolute atomic E-state index is 11.3. The summed E-state index contributed by atoms with van der Waals surface area (Å²) in [6.07, 6.45) is 5.51. The van der Waals surface area contributed by atoms with Crippen molar-refractivity contribution in [2.75, 3.05) is 19.7 Å². The summed E-state index contributed by atoms with van der Waals surface area (Å²) in [7, 11) is 0. The van der Waals surface area contributed by atoms with E-state index in [4.69, 9.17) is 10.00 Å². The first-order valence-electron chi connectivity index (χ1n) is 6.57. The number of nitriles is 1. The minimum absolute atomic E-state index is 0.129. The molecule has 0 heterocycles. The van der Waals surface area contributed by atoms with Crippen molar-refractivity contribution in [3.8, 4) is 6.07 Å². The van der Waals surface area contributed by atoms with Gasteiger partial charge in [-0.15, -0.1) is 0 Å². The summed E-state index contributed by atoms with van der Waals surface area (Å²) in [6, 6.07) is 1.91. The Labute approximate surface area is 112 Å². The first kappa shape index (κ1) is 15.2. The van der Waals surface area contributed by atoms with Crippen molar-refractivity contribution in [1.82, 2.24) is 5.32 Å². The minimum atomic E-state index is -0.469. The lowest BCUT2D eigenvalue weighted by molar-refractivity contribution is 0.144. The number of amides is 1. The van der Waals surface area contributed by atoms with Gasteiger partial charge in [0.05, 0.1) is 19.0 Å². The number of hydrogen-bond donors (Lipinski definition) is 1. The summed E-state index contributed by atoms with van der Waals surface area (Å²) >= 11 is 0. The number of ether oxygens (including phenoxy) is 1. The van der Waals surface area contributed by atoms with Gasteiger partial charge in [-0.2, -0.15) is 5.26 Å². The molecular weight excluding hydrogens is 246 g/mol. The number of nitrogens with zero attached hydrogens (tertiary/aromatic N) is 2. The Balaban J connectivity index is 2.19. The molecule has 1 saturated carbocycles. The van der Waals surface area contributed by atoms with Gasteiger partial charge in [0.1, 0.15) is 6.61 Å². The van der Waals surface area contributed by atoms with E-state index in [1.165, 1.54) is 0 Å². The quantitative estimate of drug-likeness (QED) is 0.450. The molecule has 2 atom stereocenters. The highest BCUT2D eigenvalue weighted by molar-refractivity contribution is 5.67. The summed E-state index contributed by atoms with van der Waals surface area (Å²) < 4.78 is 4.82. The van der Waals surface area contributed by atoms with Crippen LogP contribution in [0.2, 0.25) is 0 Å². The molecule has 1 aliphatic rings. The molecule has 104 valence electrons. The van der Waals surface area contributed by atoms with E-state index >= 15 is 0 Å². The highest BCUT2D eigenvalue weighted by Gasteiger charge is 2.22. The average Bonchev–Trinajstić information content (AvgIpc) is 2.44. The van der Waals surface area contributed by atoms with Crippen LogP contribution in [-0.4, -0.2) is 31.9 Å². The van der Waals surface area contributed by atoms with Gasteiger partial charge in [0.25, 0.3) is 0 Å². The largest absolute Gasteiger partial charge is 0.448 e. The van der Waals surface area contributed by atoms with E-state index in [2.05, 4.69) is 10.3 Å². The predicted molar refractivity (Wildman–Crippen MR) is 68.0 cm³/mol. The van der Waals surface area contributed by atoms with Crippen LogP contribution in [0.15, 0.2) is 4.99 Å². The Kier molecular flexibility index (Phi) is 7.30. The van der Waals surface area contributed by atoms with Gasteiger partial charge in [0, 0.05) is 6.54 Å². The fourth-order valence-corrected chi connectivity index (χ4v) is 2.39. The van der Waals surface area contributed by atoms with Crippen molar-refractivity contribution in [2.24, 2.45) is 16.8 Å². The van der Waals surface area contributed by atoms with E-state index in [1.807, 2.05) is 6.07 Å². The van der Waals surface area contributed by atoms with E-state index in [-0.39, 0.29) is 13.0 Å². The Hall–Kier alpha value is -1.86. The summed E-state index contributed by atoms with van der Waals surface area (Å²) in [4.78, 5) is 25.0. The molecule has 0 aromatic rings. The van der Waals surface area contributed by atoms with Crippen molar-refractivity contribution < 1.29 is 14.3 Å². The first-order valence-corrected chi connectivity index (χ1v) is 6.57.